The second-order valence-electron chi connectivity index (χ2n) is 4.65. The van der Waals surface area contributed by atoms with E-state index in [0.29, 0.717) is 0 Å². The molecule has 4 heteroatoms. The largest absolute Gasteiger partial charge is 0.478 e. The standard InChI is InChI=1S/C16H15ClO2S/c1-10-3-4-12(7-11(10)2)9-20-13-5-6-15(17)14(8-13)16(18)19/h3-8H,9H2,1-2H3,(H,18,19). The van der Waals surface area contributed by atoms with Crippen LogP contribution in [0.4, 0.5) is 0 Å². The molecule has 0 amide bonds. The average molecular weight is 307 g/mol. The smallest absolute Gasteiger partial charge is 0.337 e. The van der Waals surface area contributed by atoms with Crippen molar-refractivity contribution in [2.24, 2.45) is 0 Å². The van der Waals surface area contributed by atoms with Crippen LogP contribution < -0.4 is 0 Å². The summed E-state index contributed by atoms with van der Waals surface area (Å²) in [5.41, 5.74) is 3.92. The maximum atomic E-state index is 11.0. The Morgan fingerprint density at radius 2 is 1.90 bits per heavy atom. The van der Waals surface area contributed by atoms with E-state index in [1.807, 2.05) is 6.07 Å². The van der Waals surface area contributed by atoms with Gasteiger partial charge in [0.2, 0.25) is 0 Å². The number of rotatable bonds is 4. The molecule has 0 radical (unpaired) electrons. The Balaban J connectivity index is 2.12. The molecular formula is C16H15ClO2S. The zero-order chi connectivity index (χ0) is 14.7. The SMILES string of the molecule is Cc1ccc(CSc2ccc(Cl)c(C(=O)O)c2)cc1C. The molecule has 104 valence electrons. The van der Waals surface area contributed by atoms with Gasteiger partial charge in [0, 0.05) is 10.6 Å². The number of hydrogen-bond donors (Lipinski definition) is 1. The van der Waals surface area contributed by atoms with E-state index in [2.05, 4.69) is 32.0 Å². The summed E-state index contributed by atoms with van der Waals surface area (Å²) in [5, 5.41) is 9.32. The number of carboxylic acids is 1. The molecule has 1 N–H and O–H groups in total. The van der Waals surface area contributed by atoms with Gasteiger partial charge in [0.25, 0.3) is 0 Å². The molecular weight excluding hydrogens is 292 g/mol. The number of benzene rings is 2. The van der Waals surface area contributed by atoms with E-state index in [4.69, 9.17) is 16.7 Å². The van der Waals surface area contributed by atoms with Gasteiger partial charge in [-0.15, -0.1) is 11.8 Å². The van der Waals surface area contributed by atoms with Crippen LogP contribution in [0.15, 0.2) is 41.3 Å². The van der Waals surface area contributed by atoms with Crippen molar-refractivity contribution in [3.8, 4) is 0 Å². The van der Waals surface area contributed by atoms with Crippen LogP contribution in [0, 0.1) is 13.8 Å². The van der Waals surface area contributed by atoms with Gasteiger partial charge in [0.1, 0.15) is 0 Å². The fourth-order valence-electron chi connectivity index (χ4n) is 1.82. The molecule has 0 aliphatic heterocycles. The van der Waals surface area contributed by atoms with Crippen molar-refractivity contribution in [1.82, 2.24) is 0 Å². The van der Waals surface area contributed by atoms with Crippen LogP contribution in [0.1, 0.15) is 27.0 Å². The number of aryl methyl sites for hydroxylation is 2. The number of thioether (sulfide) groups is 1. The highest BCUT2D eigenvalue weighted by Gasteiger charge is 2.09. The molecule has 20 heavy (non-hydrogen) atoms. The summed E-state index contributed by atoms with van der Waals surface area (Å²) in [6, 6.07) is 11.5. The minimum Gasteiger partial charge on any atom is -0.478 e. The minimum absolute atomic E-state index is 0.150. The highest BCUT2D eigenvalue weighted by atomic mass is 35.5. The molecule has 0 bridgehead atoms. The maximum Gasteiger partial charge on any atom is 0.337 e. The lowest BCUT2D eigenvalue weighted by Gasteiger charge is -2.07. The molecule has 0 unspecified atom stereocenters. The van der Waals surface area contributed by atoms with Gasteiger partial charge in [-0.05, 0) is 48.7 Å². The third kappa shape index (κ3) is 3.56. The molecule has 0 saturated carbocycles. The number of hydrogen-bond acceptors (Lipinski definition) is 2. The zero-order valence-electron chi connectivity index (χ0n) is 11.3. The van der Waals surface area contributed by atoms with Gasteiger partial charge in [-0.3, -0.25) is 0 Å². The second kappa shape index (κ2) is 6.33. The average Bonchev–Trinajstić information content (AvgIpc) is 2.41. The van der Waals surface area contributed by atoms with Crippen LogP contribution >= 0.6 is 23.4 Å². The summed E-state index contributed by atoms with van der Waals surface area (Å²) in [5.74, 6) is -0.189. The van der Waals surface area contributed by atoms with E-state index in [1.54, 1.807) is 23.9 Å². The molecule has 0 aliphatic carbocycles. The Morgan fingerprint density at radius 3 is 2.55 bits per heavy atom. The quantitative estimate of drug-likeness (QED) is 0.812. The first-order chi connectivity index (χ1) is 9.47. The lowest BCUT2D eigenvalue weighted by atomic mass is 10.1. The zero-order valence-corrected chi connectivity index (χ0v) is 12.9. The molecule has 0 saturated heterocycles. The molecule has 0 spiro atoms. The summed E-state index contributed by atoms with van der Waals surface area (Å²) in [6.45, 7) is 4.18. The summed E-state index contributed by atoms with van der Waals surface area (Å²) in [6.07, 6.45) is 0. The molecule has 2 nitrogen and oxygen atoms in total. The molecule has 0 fully saturated rings. The second-order valence-corrected chi connectivity index (χ2v) is 6.11. The summed E-state index contributed by atoms with van der Waals surface area (Å²) in [4.78, 5) is 11.9. The molecule has 0 heterocycles. The predicted molar refractivity (Wildman–Crippen MR) is 83.9 cm³/mol. The maximum absolute atomic E-state index is 11.0. The highest BCUT2D eigenvalue weighted by Crippen LogP contribution is 2.27. The fourth-order valence-corrected chi connectivity index (χ4v) is 2.89. The van der Waals surface area contributed by atoms with Crippen molar-refractivity contribution in [3.63, 3.8) is 0 Å². The summed E-state index contributed by atoms with van der Waals surface area (Å²) >= 11 is 7.46. The lowest BCUT2D eigenvalue weighted by Crippen LogP contribution is -1.97. The van der Waals surface area contributed by atoms with Crippen LogP contribution in [-0.4, -0.2) is 11.1 Å². The van der Waals surface area contributed by atoms with Gasteiger partial charge < -0.3 is 5.11 Å². The van der Waals surface area contributed by atoms with Crippen LogP contribution in [0.25, 0.3) is 0 Å². The van der Waals surface area contributed by atoms with Gasteiger partial charge >= 0.3 is 5.97 Å². The van der Waals surface area contributed by atoms with Gasteiger partial charge in [-0.2, -0.15) is 0 Å². The lowest BCUT2D eigenvalue weighted by molar-refractivity contribution is 0.0697. The number of halogens is 1. The monoisotopic (exact) mass is 306 g/mol. The van der Waals surface area contributed by atoms with Crippen LogP contribution in [0.2, 0.25) is 5.02 Å². The Labute approximate surface area is 127 Å². The molecule has 2 aromatic carbocycles. The minimum atomic E-state index is -0.997. The van der Waals surface area contributed by atoms with E-state index < -0.39 is 5.97 Å². The molecule has 0 aromatic heterocycles. The summed E-state index contributed by atoms with van der Waals surface area (Å²) < 4.78 is 0. The Kier molecular flexibility index (Phi) is 4.73. The van der Waals surface area contributed by atoms with Gasteiger partial charge in [-0.1, -0.05) is 29.8 Å². The fraction of sp³-hybridized carbons (Fsp3) is 0.188. The number of aromatic carboxylic acids is 1. The van der Waals surface area contributed by atoms with E-state index in [1.165, 1.54) is 16.7 Å². The Bertz CT molecular complexity index is 653. The predicted octanol–water partition coefficient (Wildman–Crippen LogP) is 4.95. The number of carbonyl (C=O) groups is 1. The van der Waals surface area contributed by atoms with Crippen molar-refractivity contribution >= 4 is 29.3 Å². The van der Waals surface area contributed by atoms with Crippen molar-refractivity contribution in [2.75, 3.05) is 0 Å². The molecule has 2 aromatic rings. The van der Waals surface area contributed by atoms with Gasteiger partial charge in [0.15, 0.2) is 0 Å². The van der Waals surface area contributed by atoms with Crippen LogP contribution in [0.5, 0.6) is 0 Å². The Morgan fingerprint density at radius 1 is 1.15 bits per heavy atom. The van der Waals surface area contributed by atoms with Crippen molar-refractivity contribution in [2.45, 2.75) is 24.5 Å². The van der Waals surface area contributed by atoms with Crippen molar-refractivity contribution in [3.05, 3.63) is 63.7 Å². The van der Waals surface area contributed by atoms with Crippen LogP contribution in [-0.2, 0) is 5.75 Å². The Hall–Kier alpha value is -1.45. The molecule has 0 atom stereocenters. The number of carboxylic acid groups (broad SMARTS) is 1. The van der Waals surface area contributed by atoms with Crippen molar-refractivity contribution in [1.29, 1.82) is 0 Å². The highest BCUT2D eigenvalue weighted by molar-refractivity contribution is 7.98. The molecule has 0 aliphatic rings. The normalized spacial score (nSPS) is 10.6. The summed E-state index contributed by atoms with van der Waals surface area (Å²) in [7, 11) is 0. The molecule has 2 rings (SSSR count). The van der Waals surface area contributed by atoms with E-state index in [-0.39, 0.29) is 10.6 Å². The van der Waals surface area contributed by atoms with Gasteiger partial charge in [0.05, 0.1) is 10.6 Å². The first kappa shape index (κ1) is 14.9. The van der Waals surface area contributed by atoms with Crippen LogP contribution in [0.3, 0.4) is 0 Å². The third-order valence-corrected chi connectivity index (χ3v) is 4.54. The van der Waals surface area contributed by atoms with Crippen molar-refractivity contribution < 1.29 is 9.90 Å². The topological polar surface area (TPSA) is 37.3 Å². The van der Waals surface area contributed by atoms with E-state index in [9.17, 15) is 4.79 Å². The van der Waals surface area contributed by atoms with Gasteiger partial charge in [-0.25, -0.2) is 4.79 Å². The first-order valence-electron chi connectivity index (χ1n) is 6.19. The third-order valence-electron chi connectivity index (χ3n) is 3.15. The van der Waals surface area contributed by atoms with E-state index in [0.717, 1.165) is 10.6 Å². The first-order valence-corrected chi connectivity index (χ1v) is 7.55. The van der Waals surface area contributed by atoms with E-state index >= 15 is 0 Å².